The Hall–Kier alpha value is -6.64. The van der Waals surface area contributed by atoms with Gasteiger partial charge in [-0.15, -0.1) is 0 Å². The number of rotatable bonds is 9. The first kappa shape index (κ1) is 31.6. The summed E-state index contributed by atoms with van der Waals surface area (Å²) in [6.07, 6.45) is 4.36. The molecule has 2 heteroatoms. The molecule has 8 aromatic rings. The van der Waals surface area contributed by atoms with Crippen molar-refractivity contribution in [1.82, 2.24) is 0 Å². The molecule has 0 spiro atoms. The van der Waals surface area contributed by atoms with E-state index in [1.165, 1.54) is 27.5 Å². The van der Waals surface area contributed by atoms with E-state index >= 15 is 0 Å². The Labute approximate surface area is 300 Å². The average molecular weight is 655 g/mol. The summed E-state index contributed by atoms with van der Waals surface area (Å²) in [5, 5.41) is 2.47. The molecule has 0 bridgehead atoms. The van der Waals surface area contributed by atoms with Crippen molar-refractivity contribution >= 4 is 57.0 Å². The number of hydrogen-bond acceptors (Lipinski definition) is 2. The fourth-order valence-electron chi connectivity index (χ4n) is 6.57. The molecule has 0 saturated heterocycles. The molecular formula is C49H38N2. The summed E-state index contributed by atoms with van der Waals surface area (Å²) in [7, 11) is 0. The van der Waals surface area contributed by atoms with E-state index in [2.05, 4.69) is 229 Å². The molecule has 0 unspecified atom stereocenters. The van der Waals surface area contributed by atoms with Gasteiger partial charge in [0.2, 0.25) is 0 Å². The minimum atomic E-state index is 1.12. The molecule has 8 rings (SSSR count). The fourth-order valence-corrected chi connectivity index (χ4v) is 6.57. The van der Waals surface area contributed by atoms with Gasteiger partial charge in [-0.3, -0.25) is 0 Å². The van der Waals surface area contributed by atoms with E-state index in [1.807, 2.05) is 0 Å². The molecule has 0 aliphatic rings. The van der Waals surface area contributed by atoms with E-state index in [0.29, 0.717) is 0 Å². The molecule has 0 amide bonds. The van der Waals surface area contributed by atoms with Gasteiger partial charge in [0.25, 0.3) is 0 Å². The van der Waals surface area contributed by atoms with Gasteiger partial charge in [-0.1, -0.05) is 145 Å². The molecule has 0 fully saturated rings. The summed E-state index contributed by atoms with van der Waals surface area (Å²) in [5.41, 5.74) is 12.7. The van der Waals surface area contributed by atoms with Gasteiger partial charge >= 0.3 is 0 Å². The summed E-state index contributed by atoms with van der Waals surface area (Å²) in [4.78, 5) is 4.61. The molecule has 8 aromatic carbocycles. The lowest BCUT2D eigenvalue weighted by Crippen LogP contribution is -2.09. The van der Waals surface area contributed by atoms with Crippen molar-refractivity contribution in [3.63, 3.8) is 0 Å². The summed E-state index contributed by atoms with van der Waals surface area (Å²) >= 11 is 0. The number of para-hydroxylation sites is 2. The van der Waals surface area contributed by atoms with E-state index in [1.54, 1.807) is 0 Å². The van der Waals surface area contributed by atoms with Gasteiger partial charge in [-0.2, -0.15) is 0 Å². The Kier molecular flexibility index (Phi) is 8.96. The molecule has 0 atom stereocenters. The highest BCUT2D eigenvalue weighted by molar-refractivity contribution is 5.89. The van der Waals surface area contributed by atoms with Crippen LogP contribution < -0.4 is 9.80 Å². The van der Waals surface area contributed by atoms with Crippen LogP contribution in [0.5, 0.6) is 0 Å². The summed E-state index contributed by atoms with van der Waals surface area (Å²) < 4.78 is 0. The quantitative estimate of drug-likeness (QED) is 0.143. The number of benzene rings is 8. The molecule has 51 heavy (non-hydrogen) atoms. The van der Waals surface area contributed by atoms with Crippen molar-refractivity contribution in [2.24, 2.45) is 0 Å². The van der Waals surface area contributed by atoms with Crippen molar-refractivity contribution in [1.29, 1.82) is 0 Å². The Balaban J connectivity index is 0.995. The molecule has 0 aromatic heterocycles. The standard InChI is InChI=1S/C49H38N2/c1-37-16-29-46(30-17-37)51(49-35-28-40-10-8-9-11-43(40)36-49)47-31-22-39(23-32-47)19-18-38-20-24-41(25-21-38)42-26-33-48(34-27-42)50(44-12-4-2-5-13-44)45-14-6-3-7-15-45/h2-36H,1H3/b19-18+. The van der Waals surface area contributed by atoms with E-state index in [9.17, 15) is 0 Å². The van der Waals surface area contributed by atoms with Gasteiger partial charge in [-0.05, 0) is 113 Å². The summed E-state index contributed by atoms with van der Waals surface area (Å²) in [5.74, 6) is 0. The minimum absolute atomic E-state index is 1.12. The Morgan fingerprint density at radius 1 is 0.314 bits per heavy atom. The van der Waals surface area contributed by atoms with Gasteiger partial charge in [0.15, 0.2) is 0 Å². The van der Waals surface area contributed by atoms with Gasteiger partial charge in [0.1, 0.15) is 0 Å². The molecule has 2 nitrogen and oxygen atoms in total. The number of aryl methyl sites for hydroxylation is 1. The van der Waals surface area contributed by atoms with Gasteiger partial charge in [0.05, 0.1) is 0 Å². The van der Waals surface area contributed by atoms with Crippen LogP contribution in [0.15, 0.2) is 200 Å². The normalized spacial score (nSPS) is 11.2. The van der Waals surface area contributed by atoms with Crippen LogP contribution in [0.25, 0.3) is 34.1 Å². The molecule has 244 valence electrons. The highest BCUT2D eigenvalue weighted by atomic mass is 15.1. The molecule has 0 radical (unpaired) electrons. The smallest absolute Gasteiger partial charge is 0.0468 e. The first-order valence-corrected chi connectivity index (χ1v) is 17.4. The highest BCUT2D eigenvalue weighted by Crippen LogP contribution is 2.37. The monoisotopic (exact) mass is 654 g/mol. The predicted octanol–water partition coefficient (Wildman–Crippen LogP) is 13.9. The maximum absolute atomic E-state index is 2.32. The topological polar surface area (TPSA) is 6.48 Å². The van der Waals surface area contributed by atoms with Crippen LogP contribution in [-0.2, 0) is 0 Å². The molecule has 0 N–H and O–H groups in total. The van der Waals surface area contributed by atoms with Gasteiger partial charge in [0, 0.05) is 34.1 Å². The number of hydrogen-bond donors (Lipinski definition) is 0. The van der Waals surface area contributed by atoms with Gasteiger partial charge in [-0.25, -0.2) is 0 Å². The maximum Gasteiger partial charge on any atom is 0.0468 e. The summed E-state index contributed by atoms with van der Waals surface area (Å²) in [6, 6.07) is 71.4. The van der Waals surface area contributed by atoms with Crippen LogP contribution in [0.4, 0.5) is 34.1 Å². The van der Waals surface area contributed by atoms with E-state index < -0.39 is 0 Å². The second kappa shape index (κ2) is 14.5. The van der Waals surface area contributed by atoms with E-state index in [4.69, 9.17) is 0 Å². The van der Waals surface area contributed by atoms with Crippen molar-refractivity contribution < 1.29 is 0 Å². The third kappa shape index (κ3) is 7.08. The first-order chi connectivity index (χ1) is 25.2. The average Bonchev–Trinajstić information content (AvgIpc) is 3.20. The van der Waals surface area contributed by atoms with Crippen LogP contribution in [0.3, 0.4) is 0 Å². The van der Waals surface area contributed by atoms with Crippen LogP contribution in [0, 0.1) is 6.92 Å². The first-order valence-electron chi connectivity index (χ1n) is 17.4. The highest BCUT2D eigenvalue weighted by Gasteiger charge is 2.14. The van der Waals surface area contributed by atoms with Gasteiger partial charge < -0.3 is 9.80 Å². The Morgan fingerprint density at radius 3 is 1.24 bits per heavy atom. The van der Waals surface area contributed by atoms with Crippen molar-refractivity contribution in [3.8, 4) is 11.1 Å². The zero-order valence-corrected chi connectivity index (χ0v) is 28.6. The lowest BCUT2D eigenvalue weighted by Gasteiger charge is -2.26. The van der Waals surface area contributed by atoms with E-state index in [0.717, 1.165) is 45.3 Å². The SMILES string of the molecule is Cc1ccc(N(c2ccc(/C=C/c3ccc(-c4ccc(N(c5ccccc5)c5ccccc5)cc4)cc3)cc2)c2ccc3ccccc3c2)cc1. The lowest BCUT2D eigenvalue weighted by molar-refractivity contribution is 1.28. The van der Waals surface area contributed by atoms with Crippen LogP contribution >= 0.6 is 0 Å². The summed E-state index contributed by atoms with van der Waals surface area (Å²) in [6.45, 7) is 2.13. The van der Waals surface area contributed by atoms with Crippen molar-refractivity contribution in [2.75, 3.05) is 9.80 Å². The fraction of sp³-hybridized carbons (Fsp3) is 0.0204. The Bertz CT molecular complexity index is 2340. The third-order valence-electron chi connectivity index (χ3n) is 9.30. The number of anilines is 6. The molecule has 0 aliphatic heterocycles. The second-order valence-corrected chi connectivity index (χ2v) is 12.8. The largest absolute Gasteiger partial charge is 0.311 e. The van der Waals surface area contributed by atoms with Crippen molar-refractivity contribution in [3.05, 3.63) is 217 Å². The second-order valence-electron chi connectivity index (χ2n) is 12.8. The Morgan fingerprint density at radius 2 is 0.686 bits per heavy atom. The maximum atomic E-state index is 2.32. The van der Waals surface area contributed by atoms with E-state index in [-0.39, 0.29) is 0 Å². The lowest BCUT2D eigenvalue weighted by atomic mass is 10.0. The zero-order valence-electron chi connectivity index (χ0n) is 28.6. The zero-order chi connectivity index (χ0) is 34.4. The molecule has 0 aliphatic carbocycles. The van der Waals surface area contributed by atoms with Crippen molar-refractivity contribution in [2.45, 2.75) is 6.92 Å². The number of nitrogens with zero attached hydrogens (tertiary/aromatic N) is 2. The third-order valence-corrected chi connectivity index (χ3v) is 9.30. The van der Waals surface area contributed by atoms with Crippen LogP contribution in [0.2, 0.25) is 0 Å². The van der Waals surface area contributed by atoms with Crippen LogP contribution in [-0.4, -0.2) is 0 Å². The molecular weight excluding hydrogens is 617 g/mol. The molecule has 0 heterocycles. The minimum Gasteiger partial charge on any atom is -0.311 e. The number of fused-ring (bicyclic) bond motifs is 1. The van der Waals surface area contributed by atoms with Crippen LogP contribution in [0.1, 0.15) is 16.7 Å². The predicted molar refractivity (Wildman–Crippen MR) is 219 cm³/mol. The molecule has 0 saturated carbocycles.